The van der Waals surface area contributed by atoms with Gasteiger partial charge >= 0.3 is 5.69 Å². The summed E-state index contributed by atoms with van der Waals surface area (Å²) in [5, 5.41) is 3.48. The summed E-state index contributed by atoms with van der Waals surface area (Å²) >= 11 is 1.30. The molecule has 0 saturated heterocycles. The van der Waals surface area contributed by atoms with Gasteiger partial charge in [-0.1, -0.05) is 23.9 Å². The lowest BCUT2D eigenvalue weighted by Gasteiger charge is -2.22. The lowest BCUT2D eigenvalue weighted by Crippen LogP contribution is -2.31. The molecule has 0 spiro atoms. The average molecular weight is 439 g/mol. The molecular formula is C23H23FN4O2S. The smallest absolute Gasteiger partial charge is 0.349 e. The summed E-state index contributed by atoms with van der Waals surface area (Å²) in [5.74, 6) is -0.282. The van der Waals surface area contributed by atoms with Gasteiger partial charge in [0.2, 0.25) is 5.91 Å². The van der Waals surface area contributed by atoms with Crippen LogP contribution in [0.2, 0.25) is 0 Å². The third-order valence-electron chi connectivity index (χ3n) is 5.28. The van der Waals surface area contributed by atoms with Gasteiger partial charge < -0.3 is 5.32 Å². The van der Waals surface area contributed by atoms with Crippen molar-refractivity contribution in [3.05, 3.63) is 87.5 Å². The lowest BCUT2D eigenvalue weighted by atomic mass is 9.97. The van der Waals surface area contributed by atoms with Crippen molar-refractivity contribution in [3.8, 4) is 0 Å². The molecular weight excluding hydrogens is 415 g/mol. The van der Waals surface area contributed by atoms with E-state index in [1.54, 1.807) is 29.1 Å². The Morgan fingerprint density at radius 3 is 2.58 bits per heavy atom. The summed E-state index contributed by atoms with van der Waals surface area (Å²) < 4.78 is 14.7. The Bertz CT molecular complexity index is 1120. The molecule has 160 valence electrons. The summed E-state index contributed by atoms with van der Waals surface area (Å²) in [5.41, 5.74) is 3.65. The highest BCUT2D eigenvalue weighted by Gasteiger charge is 2.21. The van der Waals surface area contributed by atoms with Crippen LogP contribution in [0, 0.1) is 5.82 Å². The number of pyridine rings is 1. The van der Waals surface area contributed by atoms with Crippen LogP contribution in [0.1, 0.15) is 35.2 Å². The number of aromatic nitrogens is 3. The van der Waals surface area contributed by atoms with E-state index in [0.717, 1.165) is 48.1 Å². The van der Waals surface area contributed by atoms with E-state index in [9.17, 15) is 14.0 Å². The van der Waals surface area contributed by atoms with E-state index in [-0.39, 0.29) is 23.2 Å². The maximum absolute atomic E-state index is 13.0. The lowest BCUT2D eigenvalue weighted by molar-refractivity contribution is -0.118. The van der Waals surface area contributed by atoms with Crippen LogP contribution in [-0.2, 0) is 30.7 Å². The van der Waals surface area contributed by atoms with E-state index < -0.39 is 0 Å². The second kappa shape index (κ2) is 9.87. The van der Waals surface area contributed by atoms with E-state index >= 15 is 0 Å². The van der Waals surface area contributed by atoms with Crippen molar-refractivity contribution in [1.29, 1.82) is 0 Å². The van der Waals surface area contributed by atoms with Crippen LogP contribution in [-0.4, -0.2) is 26.2 Å². The topological polar surface area (TPSA) is 76.9 Å². The minimum absolute atomic E-state index is 0.151. The summed E-state index contributed by atoms with van der Waals surface area (Å²) in [6, 6.07) is 9.82. The summed E-state index contributed by atoms with van der Waals surface area (Å²) in [7, 11) is 0. The maximum atomic E-state index is 13.0. The molecule has 2 heterocycles. The molecule has 1 aliphatic carbocycles. The number of amides is 1. The molecule has 1 aromatic carbocycles. The molecule has 0 bridgehead atoms. The molecule has 8 heteroatoms. The first kappa shape index (κ1) is 21.2. The van der Waals surface area contributed by atoms with Gasteiger partial charge in [0, 0.05) is 30.2 Å². The highest BCUT2D eigenvalue weighted by Crippen LogP contribution is 2.28. The molecule has 0 fully saturated rings. The van der Waals surface area contributed by atoms with Crippen LogP contribution in [0.15, 0.2) is 58.6 Å². The van der Waals surface area contributed by atoms with Gasteiger partial charge in [0.15, 0.2) is 0 Å². The van der Waals surface area contributed by atoms with Gasteiger partial charge in [0.25, 0.3) is 0 Å². The van der Waals surface area contributed by atoms with Crippen molar-refractivity contribution in [2.45, 2.75) is 43.8 Å². The molecule has 1 aliphatic rings. The first-order valence-electron chi connectivity index (χ1n) is 10.3. The maximum Gasteiger partial charge on any atom is 0.349 e. The van der Waals surface area contributed by atoms with E-state index in [1.807, 2.05) is 12.1 Å². The zero-order valence-electron chi connectivity index (χ0n) is 17.0. The van der Waals surface area contributed by atoms with Crippen molar-refractivity contribution >= 4 is 17.7 Å². The minimum atomic E-state index is -0.305. The van der Waals surface area contributed by atoms with Crippen LogP contribution in [0.3, 0.4) is 0 Å². The van der Waals surface area contributed by atoms with Crippen molar-refractivity contribution < 1.29 is 9.18 Å². The molecule has 6 nitrogen and oxygen atoms in total. The highest BCUT2D eigenvalue weighted by molar-refractivity contribution is 7.99. The van der Waals surface area contributed by atoms with Crippen LogP contribution in [0.5, 0.6) is 0 Å². The third-order valence-corrected chi connectivity index (χ3v) is 6.30. The molecule has 31 heavy (non-hydrogen) atoms. The monoisotopic (exact) mass is 438 g/mol. The normalized spacial score (nSPS) is 12.9. The van der Waals surface area contributed by atoms with E-state index in [4.69, 9.17) is 0 Å². The van der Waals surface area contributed by atoms with Crippen molar-refractivity contribution in [2.75, 3.05) is 5.75 Å². The Morgan fingerprint density at radius 1 is 1.06 bits per heavy atom. The van der Waals surface area contributed by atoms with Crippen LogP contribution < -0.4 is 11.0 Å². The molecule has 2 aromatic heterocycles. The number of carbonyl (C=O) groups is 1. The van der Waals surface area contributed by atoms with Gasteiger partial charge in [0.05, 0.1) is 12.3 Å². The molecule has 4 rings (SSSR count). The van der Waals surface area contributed by atoms with Crippen molar-refractivity contribution in [1.82, 2.24) is 19.9 Å². The predicted molar refractivity (Wildman–Crippen MR) is 117 cm³/mol. The number of hydrogen-bond acceptors (Lipinski definition) is 5. The second-order valence-corrected chi connectivity index (χ2v) is 8.43. The highest BCUT2D eigenvalue weighted by atomic mass is 32.2. The minimum Gasteiger partial charge on any atom is -0.351 e. The summed E-state index contributed by atoms with van der Waals surface area (Å²) in [4.78, 5) is 33.4. The fourth-order valence-corrected chi connectivity index (χ4v) is 4.60. The fourth-order valence-electron chi connectivity index (χ4n) is 3.69. The number of nitrogens with zero attached hydrogens (tertiary/aromatic N) is 3. The van der Waals surface area contributed by atoms with Gasteiger partial charge in [-0.05, 0) is 61.1 Å². The average Bonchev–Trinajstić information content (AvgIpc) is 2.80. The molecule has 0 atom stereocenters. The number of nitrogens with one attached hydrogen (secondary N) is 1. The summed E-state index contributed by atoms with van der Waals surface area (Å²) in [6.07, 6.45) is 7.21. The number of rotatable bonds is 7. The Balaban J connectivity index is 1.46. The largest absolute Gasteiger partial charge is 0.351 e. The second-order valence-electron chi connectivity index (χ2n) is 7.47. The Hall–Kier alpha value is -3.00. The van der Waals surface area contributed by atoms with Crippen LogP contribution in [0.4, 0.5) is 4.39 Å². The number of hydrogen-bond donors (Lipinski definition) is 1. The number of carbonyl (C=O) groups excluding carboxylic acids is 1. The van der Waals surface area contributed by atoms with Gasteiger partial charge in [-0.3, -0.25) is 14.3 Å². The molecule has 0 unspecified atom stereocenters. The number of fused-ring (bicyclic) bond motifs is 1. The molecule has 0 aliphatic heterocycles. The Kier molecular flexibility index (Phi) is 6.76. The number of benzene rings is 1. The van der Waals surface area contributed by atoms with Gasteiger partial charge in [-0.2, -0.15) is 4.98 Å². The summed E-state index contributed by atoms with van der Waals surface area (Å²) in [6.45, 7) is 0.804. The van der Waals surface area contributed by atoms with E-state index in [1.165, 1.54) is 23.9 Å². The van der Waals surface area contributed by atoms with Gasteiger partial charge in [-0.15, -0.1) is 0 Å². The number of halogens is 1. The first-order valence-corrected chi connectivity index (χ1v) is 11.2. The van der Waals surface area contributed by atoms with Crippen LogP contribution in [0.25, 0.3) is 0 Å². The van der Waals surface area contributed by atoms with Crippen LogP contribution >= 0.6 is 11.8 Å². The van der Waals surface area contributed by atoms with E-state index in [2.05, 4.69) is 15.3 Å². The first-order chi connectivity index (χ1) is 15.1. The Labute approximate surface area is 183 Å². The van der Waals surface area contributed by atoms with Crippen molar-refractivity contribution in [3.63, 3.8) is 0 Å². The molecule has 3 aromatic rings. The Morgan fingerprint density at radius 2 is 1.81 bits per heavy atom. The van der Waals surface area contributed by atoms with Gasteiger partial charge in [-0.25, -0.2) is 9.18 Å². The van der Waals surface area contributed by atoms with Gasteiger partial charge in [0.1, 0.15) is 10.8 Å². The SMILES string of the molecule is O=C(CSc1nc(=O)n(Cc2ccncc2)c2c1CCCC2)NCc1ccc(F)cc1. The molecule has 0 radical (unpaired) electrons. The fraction of sp³-hybridized carbons (Fsp3) is 0.304. The van der Waals surface area contributed by atoms with E-state index in [0.29, 0.717) is 18.1 Å². The predicted octanol–water partition coefficient (Wildman–Crippen LogP) is 3.11. The zero-order chi connectivity index (χ0) is 21.6. The third kappa shape index (κ3) is 5.38. The molecule has 0 saturated carbocycles. The quantitative estimate of drug-likeness (QED) is 0.453. The zero-order valence-corrected chi connectivity index (χ0v) is 17.8. The van der Waals surface area contributed by atoms with Crippen molar-refractivity contribution in [2.24, 2.45) is 0 Å². The standard InChI is InChI=1S/C23H23FN4O2S/c24-18-7-5-16(6-8-18)13-26-21(29)15-31-22-19-3-1-2-4-20(19)28(23(30)27-22)14-17-9-11-25-12-10-17/h5-12H,1-4,13-15H2,(H,26,29). The molecule has 1 amide bonds. The number of thioether (sulfide) groups is 1. The molecule has 1 N–H and O–H groups in total.